The van der Waals surface area contributed by atoms with Crippen LogP contribution in [0.2, 0.25) is 0 Å². The Bertz CT molecular complexity index is 1140. The Morgan fingerprint density at radius 1 is 1.00 bits per heavy atom. The van der Waals surface area contributed by atoms with E-state index in [-0.39, 0.29) is 51.2 Å². The van der Waals surface area contributed by atoms with Crippen molar-refractivity contribution in [3.63, 3.8) is 0 Å². The summed E-state index contributed by atoms with van der Waals surface area (Å²) in [5.74, 6) is -0.771. The minimum atomic E-state index is -0.564. The maximum atomic E-state index is 14.6. The largest absolute Gasteiger partial charge is 0.490 e. The Balaban J connectivity index is 1.38. The lowest BCUT2D eigenvalue weighted by Gasteiger charge is -2.13. The fourth-order valence-corrected chi connectivity index (χ4v) is 3.20. The maximum absolute atomic E-state index is 14.6. The van der Waals surface area contributed by atoms with Crippen LogP contribution in [-0.4, -0.2) is 50.1 Å². The topological polar surface area (TPSA) is 106 Å². The van der Waals surface area contributed by atoms with Gasteiger partial charge in [0.05, 0.1) is 25.8 Å². The van der Waals surface area contributed by atoms with E-state index in [0.717, 1.165) is 17.2 Å². The van der Waals surface area contributed by atoms with Gasteiger partial charge in [-0.3, -0.25) is 4.79 Å². The predicted octanol–water partition coefficient (Wildman–Crippen LogP) is 4.43. The van der Waals surface area contributed by atoms with Gasteiger partial charge in [-0.2, -0.15) is 0 Å². The highest BCUT2D eigenvalue weighted by molar-refractivity contribution is 5.81. The maximum Gasteiger partial charge on any atom is 0.330 e. The zero-order valence-electron chi connectivity index (χ0n) is 20.4. The molecule has 196 valence electrons. The van der Waals surface area contributed by atoms with Gasteiger partial charge in [0, 0.05) is 11.6 Å². The van der Waals surface area contributed by atoms with Crippen LogP contribution in [0.1, 0.15) is 17.5 Å². The van der Waals surface area contributed by atoms with Crippen molar-refractivity contribution in [3.8, 4) is 22.6 Å². The van der Waals surface area contributed by atoms with Crippen molar-refractivity contribution >= 4 is 11.9 Å². The van der Waals surface area contributed by atoms with Crippen LogP contribution in [0.3, 0.4) is 0 Å². The summed E-state index contributed by atoms with van der Waals surface area (Å²) in [4.78, 5) is 22.8. The molecule has 0 radical (unpaired) electrons. The summed E-state index contributed by atoms with van der Waals surface area (Å²) >= 11 is 0. The molecule has 9 nitrogen and oxygen atoms in total. The van der Waals surface area contributed by atoms with Gasteiger partial charge in [-0.1, -0.05) is 23.9 Å². The van der Waals surface area contributed by atoms with E-state index in [4.69, 9.17) is 28.2 Å². The van der Waals surface area contributed by atoms with Crippen molar-refractivity contribution in [1.29, 1.82) is 0 Å². The molecule has 0 unspecified atom stereocenters. The van der Waals surface area contributed by atoms with Crippen molar-refractivity contribution in [2.75, 3.05) is 33.0 Å². The van der Waals surface area contributed by atoms with E-state index in [1.54, 1.807) is 43.5 Å². The third-order valence-electron chi connectivity index (χ3n) is 4.98. The van der Waals surface area contributed by atoms with Crippen LogP contribution in [0.15, 0.2) is 66.0 Å². The second-order valence-corrected chi connectivity index (χ2v) is 7.75. The molecule has 0 bridgehead atoms. The number of ether oxygens (including phenoxy) is 5. The smallest absolute Gasteiger partial charge is 0.330 e. The van der Waals surface area contributed by atoms with E-state index in [9.17, 15) is 14.0 Å². The van der Waals surface area contributed by atoms with Crippen molar-refractivity contribution < 1.29 is 42.2 Å². The number of carbonyl (C=O) groups is 2. The molecule has 3 rings (SSSR count). The van der Waals surface area contributed by atoms with Gasteiger partial charge in [0.1, 0.15) is 38.4 Å². The van der Waals surface area contributed by atoms with Crippen LogP contribution < -0.4 is 9.47 Å². The van der Waals surface area contributed by atoms with Crippen molar-refractivity contribution in [3.05, 3.63) is 78.5 Å². The summed E-state index contributed by atoms with van der Waals surface area (Å²) in [5, 5.41) is 3.56. The third-order valence-corrected chi connectivity index (χ3v) is 4.98. The molecule has 0 saturated heterocycles. The van der Waals surface area contributed by atoms with E-state index in [1.165, 1.54) is 12.3 Å². The normalized spacial score (nSPS) is 10.5. The van der Waals surface area contributed by atoms with Gasteiger partial charge in [0.25, 0.3) is 0 Å². The number of hydrogen-bond donors (Lipinski definition) is 0. The molecular weight excluding hydrogens is 485 g/mol. The highest BCUT2D eigenvalue weighted by Gasteiger charge is 2.12. The van der Waals surface area contributed by atoms with E-state index in [2.05, 4.69) is 11.7 Å². The fourth-order valence-electron chi connectivity index (χ4n) is 3.20. The number of carbonyl (C=O) groups excluding carboxylic acids is 2. The van der Waals surface area contributed by atoms with E-state index < -0.39 is 11.8 Å². The van der Waals surface area contributed by atoms with Gasteiger partial charge in [0.2, 0.25) is 0 Å². The van der Waals surface area contributed by atoms with E-state index in [1.807, 2.05) is 0 Å². The van der Waals surface area contributed by atoms with Gasteiger partial charge < -0.3 is 28.2 Å². The molecule has 0 fully saturated rings. The van der Waals surface area contributed by atoms with E-state index >= 15 is 0 Å². The Hall–Kier alpha value is -4.18. The summed E-state index contributed by atoms with van der Waals surface area (Å²) in [7, 11) is 0. The molecule has 2 aromatic carbocycles. The van der Waals surface area contributed by atoms with Crippen LogP contribution in [0.5, 0.6) is 11.5 Å². The van der Waals surface area contributed by atoms with Crippen LogP contribution in [0, 0.1) is 12.7 Å². The highest BCUT2D eigenvalue weighted by Crippen LogP contribution is 2.30. The fraction of sp³-hybridized carbons (Fsp3) is 0.296. The highest BCUT2D eigenvalue weighted by atomic mass is 19.1. The third kappa shape index (κ3) is 9.08. The zero-order valence-corrected chi connectivity index (χ0v) is 20.4. The first kappa shape index (κ1) is 27.4. The molecule has 1 heterocycles. The molecule has 0 spiro atoms. The SMILES string of the molecule is C=CC(=O)OCCOc1c(C)cc(-c2ccc(OCCOC(=O)CCOCc3cnoc3)cc2)cc1F. The summed E-state index contributed by atoms with van der Waals surface area (Å²) in [5.41, 5.74) is 2.86. The monoisotopic (exact) mass is 513 g/mol. The average Bonchev–Trinajstić information content (AvgIpc) is 3.42. The van der Waals surface area contributed by atoms with Crippen LogP contribution in [0.4, 0.5) is 4.39 Å². The molecule has 1 aromatic heterocycles. The Morgan fingerprint density at radius 3 is 2.46 bits per heavy atom. The first-order valence-corrected chi connectivity index (χ1v) is 11.5. The first-order valence-electron chi connectivity index (χ1n) is 11.5. The Kier molecular flexibility index (Phi) is 10.7. The number of halogens is 1. The van der Waals surface area contributed by atoms with Crippen LogP contribution in [-0.2, 0) is 30.4 Å². The standard InChI is InChI=1S/C27H28FNO8/c1-3-25(30)34-12-13-36-27-19(2)14-22(15-24(27)28)21-4-6-23(7-5-21)33-10-11-35-26(31)8-9-32-17-20-16-29-37-18-20/h3-7,14-16,18H,1,8-13,17H2,2H3. The van der Waals surface area contributed by atoms with E-state index in [0.29, 0.717) is 23.5 Å². The lowest BCUT2D eigenvalue weighted by molar-refractivity contribution is -0.145. The molecule has 0 N–H and O–H groups in total. The second-order valence-electron chi connectivity index (χ2n) is 7.75. The molecule has 0 aliphatic carbocycles. The lowest BCUT2D eigenvalue weighted by Crippen LogP contribution is -2.13. The quantitative estimate of drug-likeness (QED) is 0.166. The molecule has 3 aromatic rings. The van der Waals surface area contributed by atoms with Crippen LogP contribution >= 0.6 is 0 Å². The summed E-state index contributed by atoms with van der Waals surface area (Å²) < 4.78 is 45.7. The molecule has 0 atom stereocenters. The minimum Gasteiger partial charge on any atom is -0.490 e. The average molecular weight is 514 g/mol. The number of benzene rings is 2. The van der Waals surface area contributed by atoms with Crippen LogP contribution in [0.25, 0.3) is 11.1 Å². The first-order chi connectivity index (χ1) is 18.0. The summed E-state index contributed by atoms with van der Waals surface area (Å²) in [6.07, 6.45) is 4.20. The summed E-state index contributed by atoms with van der Waals surface area (Å²) in [6, 6.07) is 10.3. The number of aryl methyl sites for hydroxylation is 1. The van der Waals surface area contributed by atoms with Gasteiger partial charge in [0.15, 0.2) is 11.6 Å². The molecule has 37 heavy (non-hydrogen) atoms. The van der Waals surface area contributed by atoms with Gasteiger partial charge in [-0.05, 0) is 47.9 Å². The molecule has 0 amide bonds. The van der Waals surface area contributed by atoms with Gasteiger partial charge >= 0.3 is 11.9 Å². The number of hydrogen-bond acceptors (Lipinski definition) is 9. The molecule has 0 aliphatic rings. The molecule has 10 heteroatoms. The number of aromatic nitrogens is 1. The van der Waals surface area contributed by atoms with Gasteiger partial charge in [-0.15, -0.1) is 0 Å². The molecule has 0 saturated carbocycles. The number of esters is 2. The Morgan fingerprint density at radius 2 is 1.76 bits per heavy atom. The molecular formula is C27H28FNO8. The van der Waals surface area contributed by atoms with Crippen molar-refractivity contribution in [2.24, 2.45) is 0 Å². The van der Waals surface area contributed by atoms with Crippen molar-refractivity contribution in [2.45, 2.75) is 20.0 Å². The second kappa shape index (κ2) is 14.4. The summed E-state index contributed by atoms with van der Waals surface area (Å²) in [6.45, 7) is 5.89. The number of rotatable bonds is 15. The number of nitrogens with zero attached hydrogens (tertiary/aromatic N) is 1. The Labute approximate surface area is 213 Å². The zero-order chi connectivity index (χ0) is 26.5. The molecule has 0 aliphatic heterocycles. The predicted molar refractivity (Wildman–Crippen MR) is 130 cm³/mol. The van der Waals surface area contributed by atoms with Gasteiger partial charge in [-0.25, -0.2) is 9.18 Å². The minimum absolute atomic E-state index is 0.00850. The van der Waals surface area contributed by atoms with Crippen molar-refractivity contribution in [1.82, 2.24) is 5.16 Å². The lowest BCUT2D eigenvalue weighted by atomic mass is 10.0.